The molecule has 4 rings (SSSR count). The Bertz CT molecular complexity index is 1430. The lowest BCUT2D eigenvalue weighted by molar-refractivity contribution is -0.0365. The molecule has 1 fully saturated rings. The third kappa shape index (κ3) is 8.63. The molecule has 0 aliphatic carbocycles. The van der Waals surface area contributed by atoms with Crippen molar-refractivity contribution < 1.29 is 31.6 Å². The van der Waals surface area contributed by atoms with Gasteiger partial charge in [0.1, 0.15) is 17.1 Å². The molecule has 3 heterocycles. The van der Waals surface area contributed by atoms with E-state index in [4.69, 9.17) is 33.4 Å². The van der Waals surface area contributed by atoms with Crippen LogP contribution in [0.2, 0.25) is 18.1 Å². The van der Waals surface area contributed by atoms with E-state index in [0.717, 1.165) is 53.9 Å². The summed E-state index contributed by atoms with van der Waals surface area (Å²) in [7, 11) is -6.02. The number of hydrogen-bond donors (Lipinski definition) is 1. The summed E-state index contributed by atoms with van der Waals surface area (Å²) in [6, 6.07) is 8.19. The van der Waals surface area contributed by atoms with Gasteiger partial charge in [0.25, 0.3) is 10.1 Å². The molecule has 0 amide bonds. The Kier molecular flexibility index (Phi) is 10.5. The Balaban J connectivity index is 1.43. The van der Waals surface area contributed by atoms with Crippen molar-refractivity contribution in [2.24, 2.45) is 5.92 Å². The minimum Gasteiger partial charge on any atom is -0.543 e. The van der Waals surface area contributed by atoms with Gasteiger partial charge in [-0.05, 0) is 67.6 Å². The van der Waals surface area contributed by atoms with Crippen molar-refractivity contribution in [1.82, 2.24) is 19.6 Å². The van der Waals surface area contributed by atoms with E-state index in [0.29, 0.717) is 26.4 Å². The van der Waals surface area contributed by atoms with Gasteiger partial charge in [0.15, 0.2) is 6.23 Å². The molecule has 0 spiro atoms. The maximum Gasteiger partial charge on any atom is 0.265 e. The van der Waals surface area contributed by atoms with Crippen LogP contribution < -0.4 is 4.43 Å². The third-order valence-electron chi connectivity index (χ3n) is 7.90. The van der Waals surface area contributed by atoms with Gasteiger partial charge in [-0.3, -0.25) is 9.23 Å². The van der Waals surface area contributed by atoms with Crippen molar-refractivity contribution in [3.8, 4) is 17.1 Å². The van der Waals surface area contributed by atoms with Crippen molar-refractivity contribution in [1.29, 1.82) is 0 Å². The van der Waals surface area contributed by atoms with E-state index in [1.54, 1.807) is 6.92 Å². The van der Waals surface area contributed by atoms with Crippen molar-refractivity contribution in [2.75, 3.05) is 38.8 Å². The zero-order chi connectivity index (χ0) is 30.5. The predicted octanol–water partition coefficient (Wildman–Crippen LogP) is 5.54. The molecule has 1 saturated heterocycles. The second-order valence-corrected chi connectivity index (χ2v) is 18.9. The topological polar surface area (TPSA) is 127 Å². The predicted molar refractivity (Wildman–Crippen MR) is 165 cm³/mol. The van der Waals surface area contributed by atoms with Crippen molar-refractivity contribution in [3.63, 3.8) is 0 Å². The first-order valence-electron chi connectivity index (χ1n) is 14.7. The minimum atomic E-state index is -3.99. The summed E-state index contributed by atoms with van der Waals surface area (Å²) in [5, 5.41) is 10.9. The third-order valence-corrected chi connectivity index (χ3v) is 13.3. The van der Waals surface area contributed by atoms with Crippen LogP contribution in [-0.4, -0.2) is 79.6 Å². The lowest BCUT2D eigenvalue weighted by Gasteiger charge is -2.36. The molecule has 1 N–H and O–H groups in total. The molecule has 3 aromatic rings. The Labute approximate surface area is 250 Å². The summed E-state index contributed by atoms with van der Waals surface area (Å²) in [4.78, 5) is 0. The lowest BCUT2D eigenvalue weighted by atomic mass is 10.1. The molecule has 234 valence electrons. The van der Waals surface area contributed by atoms with E-state index < -0.39 is 18.4 Å². The zero-order valence-corrected chi connectivity index (χ0v) is 27.5. The summed E-state index contributed by atoms with van der Waals surface area (Å²) >= 11 is 0. The van der Waals surface area contributed by atoms with Gasteiger partial charge in [0.2, 0.25) is 8.32 Å². The minimum absolute atomic E-state index is 0.0827. The standard InChI is InChI=1S/C29H46N4O7SSi/c1-22(21-41(34,35)36)20-38-18-17-37-16-14-32-13-12-25(30-32)28-24-19-23(40-42(5,6)29(2,3)4)10-11-26(24)33(31-28)27-9-7-8-15-39-27/h10-13,19,22,27H,7-9,14-18,20-21H2,1-6H3,(H,34,35,36)/t22-,27?/m0/s1. The quantitative estimate of drug-likeness (QED) is 0.140. The number of benzene rings is 1. The summed E-state index contributed by atoms with van der Waals surface area (Å²) < 4.78 is 58.5. The van der Waals surface area contributed by atoms with Gasteiger partial charge in [-0.25, -0.2) is 4.68 Å². The van der Waals surface area contributed by atoms with Crippen molar-refractivity contribution >= 4 is 29.3 Å². The number of nitrogens with zero attached hydrogens (tertiary/aromatic N) is 4. The molecule has 42 heavy (non-hydrogen) atoms. The molecule has 1 aliphatic heterocycles. The highest BCUT2D eigenvalue weighted by atomic mass is 32.2. The van der Waals surface area contributed by atoms with E-state index in [2.05, 4.69) is 46.0 Å². The van der Waals surface area contributed by atoms with Crippen LogP contribution >= 0.6 is 0 Å². The maximum atomic E-state index is 10.9. The highest BCUT2D eigenvalue weighted by molar-refractivity contribution is 7.85. The number of aromatic nitrogens is 4. The van der Waals surface area contributed by atoms with Crippen LogP contribution in [0.5, 0.6) is 5.75 Å². The average molecular weight is 623 g/mol. The number of rotatable bonds is 14. The highest BCUT2D eigenvalue weighted by Gasteiger charge is 2.39. The van der Waals surface area contributed by atoms with Crippen LogP contribution in [0, 0.1) is 5.92 Å². The second kappa shape index (κ2) is 13.6. The molecule has 0 bridgehead atoms. The van der Waals surface area contributed by atoms with Gasteiger partial charge >= 0.3 is 0 Å². The first-order chi connectivity index (χ1) is 19.7. The average Bonchev–Trinajstić information content (AvgIpc) is 3.51. The van der Waals surface area contributed by atoms with Crippen LogP contribution in [0.1, 0.15) is 53.2 Å². The van der Waals surface area contributed by atoms with E-state index >= 15 is 0 Å². The fourth-order valence-corrected chi connectivity index (χ4v) is 6.48. The van der Waals surface area contributed by atoms with Gasteiger partial charge in [-0.15, -0.1) is 0 Å². The highest BCUT2D eigenvalue weighted by Crippen LogP contribution is 2.39. The van der Waals surface area contributed by atoms with Crippen LogP contribution in [0.25, 0.3) is 22.3 Å². The Morgan fingerprint density at radius 3 is 2.57 bits per heavy atom. The summed E-state index contributed by atoms with van der Waals surface area (Å²) in [5.41, 5.74) is 2.57. The molecule has 2 atom stereocenters. The number of ether oxygens (including phenoxy) is 3. The SMILES string of the molecule is C[C@@H](COCCOCCn1ccc(-c2nn(C3CCCCO3)c3ccc(O[Si](C)(C)C(C)(C)C)cc23)n1)CS(=O)(=O)O. The van der Waals surface area contributed by atoms with E-state index in [1.807, 2.05) is 27.7 Å². The number of fused-ring (bicyclic) bond motifs is 1. The molecule has 13 heteroatoms. The maximum absolute atomic E-state index is 10.9. The summed E-state index contributed by atoms with van der Waals surface area (Å²) in [6.45, 7) is 15.6. The fourth-order valence-electron chi connectivity index (χ4n) is 4.64. The van der Waals surface area contributed by atoms with Gasteiger partial charge < -0.3 is 18.6 Å². The summed E-state index contributed by atoms with van der Waals surface area (Å²) in [5.74, 6) is 0.241. The van der Waals surface area contributed by atoms with Gasteiger partial charge in [-0.1, -0.05) is 27.7 Å². The van der Waals surface area contributed by atoms with Crippen molar-refractivity contribution in [2.45, 2.75) is 77.9 Å². The molecule has 1 aromatic carbocycles. The molecule has 0 saturated carbocycles. The van der Waals surface area contributed by atoms with Crippen LogP contribution in [0.4, 0.5) is 0 Å². The largest absolute Gasteiger partial charge is 0.543 e. The van der Waals surface area contributed by atoms with Gasteiger partial charge in [0, 0.05) is 18.2 Å². The van der Waals surface area contributed by atoms with Crippen LogP contribution in [0.3, 0.4) is 0 Å². The number of hydrogen-bond acceptors (Lipinski definition) is 8. The van der Waals surface area contributed by atoms with E-state index in [1.165, 1.54) is 0 Å². The molecule has 1 aliphatic rings. The Hall–Kier alpha value is -2.29. The van der Waals surface area contributed by atoms with Crippen molar-refractivity contribution in [3.05, 3.63) is 30.5 Å². The first-order valence-corrected chi connectivity index (χ1v) is 19.2. The molecular formula is C29H46N4O7SSi. The molecule has 11 nitrogen and oxygen atoms in total. The first kappa shape index (κ1) is 32.6. The Morgan fingerprint density at radius 2 is 1.88 bits per heavy atom. The van der Waals surface area contributed by atoms with Crippen LogP contribution in [0.15, 0.2) is 30.5 Å². The monoisotopic (exact) mass is 622 g/mol. The molecule has 1 unspecified atom stereocenters. The molecule has 0 radical (unpaired) electrons. The normalized spacial score (nSPS) is 17.5. The van der Waals surface area contributed by atoms with Crippen LogP contribution in [-0.2, 0) is 30.9 Å². The van der Waals surface area contributed by atoms with Gasteiger partial charge in [0.05, 0.1) is 44.2 Å². The molecular weight excluding hydrogens is 576 g/mol. The zero-order valence-electron chi connectivity index (χ0n) is 25.7. The van der Waals surface area contributed by atoms with Gasteiger partial charge in [-0.2, -0.15) is 18.6 Å². The second-order valence-electron chi connectivity index (χ2n) is 12.7. The Morgan fingerprint density at radius 1 is 1.12 bits per heavy atom. The smallest absolute Gasteiger partial charge is 0.265 e. The summed E-state index contributed by atoms with van der Waals surface area (Å²) in [6.07, 6.45) is 4.92. The fraction of sp³-hybridized carbons (Fsp3) is 0.655. The lowest BCUT2D eigenvalue weighted by Crippen LogP contribution is -2.43. The van der Waals surface area contributed by atoms with E-state index in [-0.39, 0.29) is 29.5 Å². The van der Waals surface area contributed by atoms with E-state index in [9.17, 15) is 8.42 Å². The molecule has 2 aromatic heterocycles.